The fraction of sp³-hybridized carbons (Fsp3) is 0.367. The summed E-state index contributed by atoms with van der Waals surface area (Å²) in [7, 11) is 0. The number of phenols is 3. The maximum Gasteiger partial charge on any atom is 0.174 e. The molecule has 1 aliphatic rings. The van der Waals surface area contributed by atoms with Crippen molar-refractivity contribution in [3.05, 3.63) is 81.5 Å². The average molecular weight is 477 g/mol. The van der Waals surface area contributed by atoms with Gasteiger partial charge in [0.25, 0.3) is 0 Å². The van der Waals surface area contributed by atoms with Crippen molar-refractivity contribution in [2.75, 3.05) is 0 Å². The Balaban J connectivity index is 1.82. The minimum absolute atomic E-state index is 0.0647. The van der Waals surface area contributed by atoms with E-state index in [-0.39, 0.29) is 40.8 Å². The Morgan fingerprint density at radius 2 is 1.66 bits per heavy atom. The number of ether oxygens (including phenoxy) is 1. The van der Waals surface area contributed by atoms with Gasteiger partial charge in [-0.15, -0.1) is 0 Å². The molecule has 0 radical (unpaired) electrons. The van der Waals surface area contributed by atoms with Gasteiger partial charge in [0.2, 0.25) is 0 Å². The van der Waals surface area contributed by atoms with E-state index >= 15 is 0 Å². The minimum atomic E-state index is -0.570. The van der Waals surface area contributed by atoms with E-state index in [1.807, 2.05) is 26.0 Å². The van der Waals surface area contributed by atoms with Crippen LogP contribution in [0.4, 0.5) is 0 Å². The van der Waals surface area contributed by atoms with Crippen LogP contribution >= 0.6 is 0 Å². The first-order chi connectivity index (χ1) is 16.6. The second kappa shape index (κ2) is 11.3. The molecular weight excluding hydrogens is 440 g/mol. The van der Waals surface area contributed by atoms with Crippen LogP contribution < -0.4 is 4.74 Å². The van der Waals surface area contributed by atoms with Crippen LogP contribution in [-0.4, -0.2) is 21.1 Å². The Labute approximate surface area is 208 Å². The Morgan fingerprint density at radius 3 is 2.34 bits per heavy atom. The number of phenolic OH excluding ortho intramolecular Hbond substituents is 3. The van der Waals surface area contributed by atoms with Crippen LogP contribution in [-0.2, 0) is 12.8 Å². The van der Waals surface area contributed by atoms with Crippen LogP contribution in [0.2, 0.25) is 0 Å². The quantitative estimate of drug-likeness (QED) is 0.349. The zero-order valence-electron chi connectivity index (χ0n) is 21.3. The van der Waals surface area contributed by atoms with Crippen molar-refractivity contribution in [2.24, 2.45) is 0 Å². The minimum Gasteiger partial charge on any atom is -0.508 e. The summed E-state index contributed by atoms with van der Waals surface area (Å²) >= 11 is 0. The molecule has 35 heavy (non-hydrogen) atoms. The molecule has 3 rings (SSSR count). The highest BCUT2D eigenvalue weighted by Gasteiger charge is 2.32. The van der Waals surface area contributed by atoms with Gasteiger partial charge < -0.3 is 20.1 Å². The molecule has 186 valence electrons. The van der Waals surface area contributed by atoms with Crippen molar-refractivity contribution in [3.63, 3.8) is 0 Å². The maximum absolute atomic E-state index is 13.0. The molecule has 5 nitrogen and oxygen atoms in total. The van der Waals surface area contributed by atoms with Crippen molar-refractivity contribution in [1.29, 1.82) is 0 Å². The summed E-state index contributed by atoms with van der Waals surface area (Å²) in [5.41, 5.74) is 5.56. The molecule has 1 atom stereocenters. The Bertz CT molecular complexity index is 1190. The number of hydrogen-bond donors (Lipinski definition) is 3. The van der Waals surface area contributed by atoms with Crippen LogP contribution in [0.15, 0.2) is 59.2 Å². The van der Waals surface area contributed by atoms with Gasteiger partial charge in [-0.1, -0.05) is 41.0 Å². The summed E-state index contributed by atoms with van der Waals surface area (Å²) in [6, 6.07) is 6.64. The first-order valence-corrected chi connectivity index (χ1v) is 12.1. The fourth-order valence-corrected chi connectivity index (χ4v) is 4.14. The van der Waals surface area contributed by atoms with E-state index in [1.165, 1.54) is 17.2 Å². The number of ketones is 1. The molecule has 0 unspecified atom stereocenters. The highest BCUT2D eigenvalue weighted by Crippen LogP contribution is 2.45. The van der Waals surface area contributed by atoms with Crippen molar-refractivity contribution in [3.8, 4) is 23.0 Å². The number of benzene rings is 2. The van der Waals surface area contributed by atoms with Gasteiger partial charge in [-0.25, -0.2) is 0 Å². The van der Waals surface area contributed by atoms with E-state index in [0.717, 1.165) is 29.5 Å². The standard InChI is InChI=1S/C30H36O5/c1-18(2)7-6-8-20(5)10-11-21-15-22(12-14-24(21)31)27-17-26(33)29-28(35-27)16-25(32)23(30(29)34)13-9-19(3)4/h7,9-10,12,14-16,27,31-32,34H,6,8,11,13,17H2,1-5H3/b20-10+/t27-/m0/s1. The highest BCUT2D eigenvalue weighted by molar-refractivity contribution is 6.03. The first-order valence-electron chi connectivity index (χ1n) is 12.1. The number of aromatic hydroxyl groups is 3. The summed E-state index contributed by atoms with van der Waals surface area (Å²) < 4.78 is 6.07. The van der Waals surface area contributed by atoms with Gasteiger partial charge in [0.05, 0.1) is 6.42 Å². The largest absolute Gasteiger partial charge is 0.508 e. The van der Waals surface area contributed by atoms with Gasteiger partial charge in [-0.05, 0) is 83.6 Å². The molecule has 0 aliphatic carbocycles. The number of allylic oxidation sites excluding steroid dienone is 6. The lowest BCUT2D eigenvalue weighted by atomic mass is 9.92. The predicted octanol–water partition coefficient (Wildman–Crippen LogP) is 7.25. The maximum atomic E-state index is 13.0. The van der Waals surface area contributed by atoms with E-state index in [4.69, 9.17) is 4.74 Å². The second-order valence-electron chi connectivity index (χ2n) is 9.78. The third-order valence-corrected chi connectivity index (χ3v) is 6.22. The predicted molar refractivity (Wildman–Crippen MR) is 139 cm³/mol. The Hall–Kier alpha value is -3.47. The highest BCUT2D eigenvalue weighted by atomic mass is 16.5. The zero-order valence-corrected chi connectivity index (χ0v) is 21.3. The molecule has 1 aliphatic heterocycles. The Morgan fingerprint density at radius 1 is 0.943 bits per heavy atom. The summed E-state index contributed by atoms with van der Waals surface area (Å²) in [6.45, 7) is 10.1. The van der Waals surface area contributed by atoms with Gasteiger partial charge in [0, 0.05) is 11.6 Å². The van der Waals surface area contributed by atoms with Gasteiger partial charge >= 0.3 is 0 Å². The molecule has 2 aromatic rings. The lowest BCUT2D eigenvalue weighted by molar-refractivity contribution is 0.0844. The third kappa shape index (κ3) is 6.56. The van der Waals surface area contributed by atoms with E-state index in [1.54, 1.807) is 12.1 Å². The van der Waals surface area contributed by atoms with E-state index < -0.39 is 6.10 Å². The lowest BCUT2D eigenvalue weighted by Gasteiger charge is -2.27. The van der Waals surface area contributed by atoms with Crippen molar-refractivity contribution in [2.45, 2.75) is 72.8 Å². The van der Waals surface area contributed by atoms with E-state index in [0.29, 0.717) is 18.4 Å². The fourth-order valence-electron chi connectivity index (χ4n) is 4.14. The smallest absolute Gasteiger partial charge is 0.174 e. The number of Topliss-reactive ketones (excluding diaryl/α,β-unsaturated/α-hetero) is 1. The van der Waals surface area contributed by atoms with Gasteiger partial charge in [-0.3, -0.25) is 4.79 Å². The number of fused-ring (bicyclic) bond motifs is 1. The summed E-state index contributed by atoms with van der Waals surface area (Å²) in [5.74, 6) is -0.194. The molecule has 2 aromatic carbocycles. The second-order valence-corrected chi connectivity index (χ2v) is 9.78. The van der Waals surface area contributed by atoms with Crippen molar-refractivity contribution < 1.29 is 24.9 Å². The molecule has 0 fully saturated rings. The average Bonchev–Trinajstić information content (AvgIpc) is 2.77. The van der Waals surface area contributed by atoms with Crippen molar-refractivity contribution in [1.82, 2.24) is 0 Å². The van der Waals surface area contributed by atoms with Crippen LogP contribution in [0, 0.1) is 0 Å². The molecule has 0 aromatic heterocycles. The lowest BCUT2D eigenvalue weighted by Crippen LogP contribution is -2.21. The van der Waals surface area contributed by atoms with Gasteiger partial charge in [0.1, 0.15) is 34.7 Å². The molecule has 0 spiro atoms. The number of carbonyl (C=O) groups excluding carboxylic acids is 1. The molecular formula is C30H36O5. The van der Waals surface area contributed by atoms with Crippen LogP contribution in [0.1, 0.15) is 87.0 Å². The SMILES string of the molecule is CC(C)=CCC/C(C)=C/Cc1cc([C@@H]2CC(=O)c3c(cc(O)c(CC=C(C)C)c3O)O2)ccc1O. The first kappa shape index (κ1) is 26.1. The van der Waals surface area contributed by atoms with Gasteiger partial charge in [-0.2, -0.15) is 0 Å². The molecule has 0 bridgehead atoms. The molecule has 3 N–H and O–H groups in total. The van der Waals surface area contributed by atoms with E-state index in [9.17, 15) is 20.1 Å². The molecule has 0 amide bonds. The van der Waals surface area contributed by atoms with Crippen LogP contribution in [0.5, 0.6) is 23.0 Å². The molecule has 1 heterocycles. The zero-order chi connectivity index (χ0) is 25.7. The molecule has 5 heteroatoms. The molecule has 0 saturated carbocycles. The number of rotatable bonds is 8. The third-order valence-electron chi connectivity index (χ3n) is 6.22. The topological polar surface area (TPSA) is 87.0 Å². The number of carbonyl (C=O) groups is 1. The number of hydrogen-bond acceptors (Lipinski definition) is 5. The van der Waals surface area contributed by atoms with Crippen LogP contribution in [0.25, 0.3) is 0 Å². The van der Waals surface area contributed by atoms with Crippen molar-refractivity contribution >= 4 is 5.78 Å². The molecule has 0 saturated heterocycles. The normalized spacial score (nSPS) is 15.3. The summed E-state index contributed by atoms with van der Waals surface area (Å²) in [6.07, 6.45) is 8.56. The van der Waals surface area contributed by atoms with E-state index in [2.05, 4.69) is 32.9 Å². The Kier molecular flexibility index (Phi) is 8.44. The summed E-state index contributed by atoms with van der Waals surface area (Å²) in [4.78, 5) is 13.0. The van der Waals surface area contributed by atoms with Crippen LogP contribution in [0.3, 0.4) is 0 Å². The summed E-state index contributed by atoms with van der Waals surface area (Å²) in [5, 5.41) is 31.6. The monoisotopic (exact) mass is 476 g/mol. The van der Waals surface area contributed by atoms with Gasteiger partial charge in [0.15, 0.2) is 5.78 Å².